The summed E-state index contributed by atoms with van der Waals surface area (Å²) in [6.45, 7) is 2.21. The SMILES string of the molecule is COC(=O)CN(CCN)Cc1ccccc1. The molecule has 0 saturated carbocycles. The van der Waals surface area contributed by atoms with E-state index in [0.29, 0.717) is 19.6 Å². The van der Waals surface area contributed by atoms with E-state index in [1.165, 1.54) is 12.7 Å². The lowest BCUT2D eigenvalue weighted by Crippen LogP contribution is -2.34. The van der Waals surface area contributed by atoms with Gasteiger partial charge in [-0.05, 0) is 5.56 Å². The average molecular weight is 222 g/mol. The molecule has 88 valence electrons. The molecule has 0 heterocycles. The van der Waals surface area contributed by atoms with E-state index in [4.69, 9.17) is 5.73 Å². The Morgan fingerprint density at radius 3 is 2.62 bits per heavy atom. The Bertz CT molecular complexity index is 314. The molecular formula is C12H18N2O2. The molecule has 16 heavy (non-hydrogen) atoms. The normalized spacial score (nSPS) is 10.4. The van der Waals surface area contributed by atoms with E-state index in [9.17, 15) is 4.79 Å². The van der Waals surface area contributed by atoms with E-state index in [1.807, 2.05) is 35.2 Å². The lowest BCUT2D eigenvalue weighted by atomic mass is 10.2. The van der Waals surface area contributed by atoms with Crippen LogP contribution in [0, 0.1) is 0 Å². The Hall–Kier alpha value is -1.39. The second kappa shape index (κ2) is 6.98. The molecule has 0 aliphatic heterocycles. The minimum Gasteiger partial charge on any atom is -0.468 e. The highest BCUT2D eigenvalue weighted by Gasteiger charge is 2.10. The van der Waals surface area contributed by atoms with Gasteiger partial charge in [-0.15, -0.1) is 0 Å². The van der Waals surface area contributed by atoms with Crippen molar-refractivity contribution < 1.29 is 9.53 Å². The number of hydrogen-bond donors (Lipinski definition) is 1. The van der Waals surface area contributed by atoms with Crippen molar-refractivity contribution in [3.8, 4) is 0 Å². The van der Waals surface area contributed by atoms with Crippen LogP contribution in [0.25, 0.3) is 0 Å². The highest BCUT2D eigenvalue weighted by Crippen LogP contribution is 2.03. The second-order valence-corrected chi connectivity index (χ2v) is 3.56. The monoisotopic (exact) mass is 222 g/mol. The molecule has 0 radical (unpaired) electrons. The number of carbonyl (C=O) groups is 1. The van der Waals surface area contributed by atoms with Gasteiger partial charge in [0.15, 0.2) is 0 Å². The molecule has 0 aliphatic carbocycles. The number of methoxy groups -OCH3 is 1. The first-order chi connectivity index (χ1) is 7.76. The molecule has 0 amide bonds. The molecule has 2 N–H and O–H groups in total. The number of ether oxygens (including phenoxy) is 1. The van der Waals surface area contributed by atoms with E-state index in [0.717, 1.165) is 0 Å². The molecule has 4 nitrogen and oxygen atoms in total. The van der Waals surface area contributed by atoms with Crippen LogP contribution in [0.3, 0.4) is 0 Å². The van der Waals surface area contributed by atoms with Crippen LogP contribution in [0.1, 0.15) is 5.56 Å². The van der Waals surface area contributed by atoms with Gasteiger partial charge in [-0.1, -0.05) is 30.3 Å². The van der Waals surface area contributed by atoms with Gasteiger partial charge in [0.1, 0.15) is 0 Å². The maximum atomic E-state index is 11.2. The van der Waals surface area contributed by atoms with Crippen LogP contribution in [-0.2, 0) is 16.1 Å². The molecular weight excluding hydrogens is 204 g/mol. The van der Waals surface area contributed by atoms with Gasteiger partial charge in [0, 0.05) is 19.6 Å². The van der Waals surface area contributed by atoms with Crippen molar-refractivity contribution in [1.82, 2.24) is 4.90 Å². The first-order valence-electron chi connectivity index (χ1n) is 5.29. The Kier molecular flexibility index (Phi) is 5.53. The maximum absolute atomic E-state index is 11.2. The summed E-state index contributed by atoms with van der Waals surface area (Å²) in [4.78, 5) is 13.2. The van der Waals surface area contributed by atoms with Crippen LogP contribution in [-0.4, -0.2) is 37.6 Å². The fourth-order valence-electron chi connectivity index (χ4n) is 1.49. The molecule has 0 aromatic heterocycles. The molecule has 0 saturated heterocycles. The number of benzene rings is 1. The topological polar surface area (TPSA) is 55.6 Å². The molecule has 0 atom stereocenters. The van der Waals surface area contributed by atoms with Crippen molar-refractivity contribution in [3.63, 3.8) is 0 Å². The molecule has 4 heteroatoms. The van der Waals surface area contributed by atoms with Crippen molar-refractivity contribution >= 4 is 5.97 Å². The highest BCUT2D eigenvalue weighted by atomic mass is 16.5. The number of esters is 1. The largest absolute Gasteiger partial charge is 0.468 e. The maximum Gasteiger partial charge on any atom is 0.319 e. The van der Waals surface area contributed by atoms with Crippen molar-refractivity contribution in [3.05, 3.63) is 35.9 Å². The third-order valence-corrected chi connectivity index (χ3v) is 2.27. The summed E-state index contributed by atoms with van der Waals surface area (Å²) in [7, 11) is 1.39. The van der Waals surface area contributed by atoms with Crippen LogP contribution in [0.15, 0.2) is 30.3 Å². The third kappa shape index (κ3) is 4.42. The second-order valence-electron chi connectivity index (χ2n) is 3.56. The van der Waals surface area contributed by atoms with Crippen LogP contribution < -0.4 is 5.73 Å². The first kappa shape index (κ1) is 12.7. The predicted octanol–water partition coefficient (Wildman–Crippen LogP) is 0.620. The van der Waals surface area contributed by atoms with Crippen LogP contribution in [0.5, 0.6) is 0 Å². The lowest BCUT2D eigenvalue weighted by molar-refractivity contribution is -0.142. The molecule has 0 unspecified atom stereocenters. The van der Waals surface area contributed by atoms with Gasteiger partial charge in [0.2, 0.25) is 0 Å². The molecule has 0 aliphatic rings. The Labute approximate surface area is 96.0 Å². The molecule has 1 aromatic carbocycles. The zero-order valence-electron chi connectivity index (χ0n) is 9.56. The zero-order valence-corrected chi connectivity index (χ0v) is 9.56. The first-order valence-corrected chi connectivity index (χ1v) is 5.29. The van der Waals surface area contributed by atoms with Crippen LogP contribution in [0.2, 0.25) is 0 Å². The Morgan fingerprint density at radius 1 is 1.38 bits per heavy atom. The van der Waals surface area contributed by atoms with Gasteiger partial charge < -0.3 is 10.5 Å². The van der Waals surface area contributed by atoms with E-state index < -0.39 is 0 Å². The number of carbonyl (C=O) groups excluding carboxylic acids is 1. The molecule has 1 rings (SSSR count). The smallest absolute Gasteiger partial charge is 0.319 e. The fourth-order valence-corrected chi connectivity index (χ4v) is 1.49. The van der Waals surface area contributed by atoms with Crippen LogP contribution >= 0.6 is 0 Å². The lowest BCUT2D eigenvalue weighted by Gasteiger charge is -2.20. The number of hydrogen-bond acceptors (Lipinski definition) is 4. The van der Waals surface area contributed by atoms with Gasteiger partial charge in [0.25, 0.3) is 0 Å². The van der Waals surface area contributed by atoms with Crippen molar-refractivity contribution in [2.75, 3.05) is 26.7 Å². The highest BCUT2D eigenvalue weighted by molar-refractivity contribution is 5.71. The van der Waals surface area contributed by atoms with E-state index in [-0.39, 0.29) is 12.5 Å². The number of nitrogens with two attached hydrogens (primary N) is 1. The van der Waals surface area contributed by atoms with E-state index in [1.54, 1.807) is 0 Å². The van der Waals surface area contributed by atoms with E-state index in [2.05, 4.69) is 4.74 Å². The van der Waals surface area contributed by atoms with Gasteiger partial charge >= 0.3 is 5.97 Å². The standard InChI is InChI=1S/C12H18N2O2/c1-16-12(15)10-14(8-7-13)9-11-5-3-2-4-6-11/h2-6H,7-10,13H2,1H3. The molecule has 0 spiro atoms. The summed E-state index contributed by atoms with van der Waals surface area (Å²) in [5.41, 5.74) is 6.67. The number of rotatable bonds is 6. The molecule has 0 bridgehead atoms. The zero-order chi connectivity index (χ0) is 11.8. The summed E-state index contributed by atoms with van der Waals surface area (Å²) >= 11 is 0. The summed E-state index contributed by atoms with van der Waals surface area (Å²) in [5, 5.41) is 0. The third-order valence-electron chi connectivity index (χ3n) is 2.27. The van der Waals surface area contributed by atoms with E-state index >= 15 is 0 Å². The Balaban J connectivity index is 2.54. The Morgan fingerprint density at radius 2 is 2.06 bits per heavy atom. The van der Waals surface area contributed by atoms with Crippen LogP contribution in [0.4, 0.5) is 0 Å². The van der Waals surface area contributed by atoms with Crippen molar-refractivity contribution in [2.24, 2.45) is 5.73 Å². The minimum absolute atomic E-state index is 0.232. The summed E-state index contributed by atoms with van der Waals surface area (Å²) in [6, 6.07) is 9.99. The van der Waals surface area contributed by atoms with Crippen molar-refractivity contribution in [2.45, 2.75) is 6.54 Å². The summed E-state index contributed by atoms with van der Waals surface area (Å²) in [6.07, 6.45) is 0. The van der Waals surface area contributed by atoms with Crippen molar-refractivity contribution in [1.29, 1.82) is 0 Å². The molecule has 1 aromatic rings. The number of nitrogens with zero attached hydrogens (tertiary/aromatic N) is 1. The summed E-state index contributed by atoms with van der Waals surface area (Å²) in [5.74, 6) is -0.232. The van der Waals surface area contributed by atoms with Gasteiger partial charge in [0.05, 0.1) is 13.7 Å². The molecule has 0 fully saturated rings. The fraction of sp³-hybridized carbons (Fsp3) is 0.417. The van der Waals surface area contributed by atoms with Gasteiger partial charge in [-0.25, -0.2) is 0 Å². The minimum atomic E-state index is -0.232. The predicted molar refractivity (Wildman–Crippen MR) is 62.8 cm³/mol. The summed E-state index contributed by atoms with van der Waals surface area (Å²) < 4.78 is 4.64. The quantitative estimate of drug-likeness (QED) is 0.717. The van der Waals surface area contributed by atoms with Gasteiger partial charge in [-0.2, -0.15) is 0 Å². The average Bonchev–Trinajstić information content (AvgIpc) is 2.30. The van der Waals surface area contributed by atoms with Gasteiger partial charge in [-0.3, -0.25) is 9.69 Å².